The molecule has 0 heterocycles. The molecule has 0 aliphatic heterocycles. The largest absolute Gasteiger partial charge is 1.00 e. The van der Waals surface area contributed by atoms with Crippen LogP contribution in [0.25, 0.3) is 0 Å². The van der Waals surface area contributed by atoms with Gasteiger partial charge in [0.15, 0.2) is 0 Å². The number of hydrogen-bond acceptors (Lipinski definition) is 0. The summed E-state index contributed by atoms with van der Waals surface area (Å²) in [6.07, 6.45) is 0. The molecule has 1 aliphatic rings. The number of aryl methyl sites for hydroxylation is 2. The molecule has 188 valence electrons. The van der Waals surface area contributed by atoms with Crippen LogP contribution in [-0.2, 0) is 20.4 Å². The summed E-state index contributed by atoms with van der Waals surface area (Å²) in [5, 5.41) is 3.23. The molecule has 0 amide bonds. The summed E-state index contributed by atoms with van der Waals surface area (Å²) >= 11 is 2.24. The molecule has 1 unspecified atom stereocenters. The van der Waals surface area contributed by atoms with Gasteiger partial charge in [-0.2, -0.15) is 0 Å². The topological polar surface area (TPSA) is 0 Å². The summed E-state index contributed by atoms with van der Waals surface area (Å²) < 4.78 is 29.7. The standard InChI is InChI=1S/C29H29F2Si.3ClH.Ti/c1-19-15-20(2)17-28(16-19)32(26-11-7-24(30)8-12-26,27-13-9-25(31)10-14-27)29(6)18-21(3)22(4)23(29)5;;;;/h7-17H,1-6H3;3*1H;/q;;;;+3/p-3. The molecule has 3 aromatic rings. The Morgan fingerprint density at radius 2 is 1.00 bits per heavy atom. The van der Waals surface area contributed by atoms with E-state index in [1.54, 1.807) is 24.3 Å². The van der Waals surface area contributed by atoms with Gasteiger partial charge in [-0.1, -0.05) is 0 Å². The Morgan fingerprint density at radius 1 is 0.611 bits per heavy atom. The molecule has 0 fully saturated rings. The predicted molar refractivity (Wildman–Crippen MR) is 133 cm³/mol. The first-order valence-electron chi connectivity index (χ1n) is 11.3. The fraction of sp³-hybridized carbons (Fsp3) is 0.241. The minimum absolute atomic E-state index is 0. The van der Waals surface area contributed by atoms with Gasteiger partial charge in [-0.25, -0.2) is 0 Å². The number of halogens is 5. The third-order valence-corrected chi connectivity index (χ3v) is 15.1. The second-order valence-electron chi connectivity index (χ2n) is 9.52. The first-order valence-corrected chi connectivity index (χ1v) is 14.0. The maximum absolute atomic E-state index is 14.2. The molecule has 0 aromatic heterocycles. The van der Waals surface area contributed by atoms with Gasteiger partial charge in [0.25, 0.3) is 0 Å². The number of benzene rings is 3. The molecule has 4 rings (SSSR count). The van der Waals surface area contributed by atoms with Crippen molar-refractivity contribution in [3.05, 3.63) is 110 Å². The van der Waals surface area contributed by atoms with E-state index in [2.05, 4.69) is 80.2 Å². The number of rotatable bonds is 4. The van der Waals surface area contributed by atoms with E-state index in [9.17, 15) is 8.78 Å². The molecule has 0 radical (unpaired) electrons. The zero-order valence-electron chi connectivity index (χ0n) is 21.2. The van der Waals surface area contributed by atoms with Crippen LogP contribution in [0.15, 0.2) is 87.3 Å². The van der Waals surface area contributed by atoms with Crippen LogP contribution in [0.4, 0.5) is 8.78 Å². The molecule has 0 nitrogen and oxygen atoms in total. The van der Waals surface area contributed by atoms with Crippen molar-refractivity contribution in [3.8, 4) is 0 Å². The van der Waals surface area contributed by atoms with Crippen molar-refractivity contribution >= 4 is 23.6 Å². The summed E-state index contributed by atoms with van der Waals surface area (Å²) in [6, 6.07) is 20.9. The van der Waals surface area contributed by atoms with Crippen molar-refractivity contribution in [2.45, 2.75) is 46.6 Å². The minimum Gasteiger partial charge on any atom is -1.00 e. The fourth-order valence-electron chi connectivity index (χ4n) is 5.83. The van der Waals surface area contributed by atoms with E-state index in [1.165, 1.54) is 36.9 Å². The van der Waals surface area contributed by atoms with Gasteiger partial charge in [0.05, 0.1) is 0 Å². The number of allylic oxidation sites excluding steroid dienone is 4. The van der Waals surface area contributed by atoms with Crippen molar-refractivity contribution in [3.63, 3.8) is 0 Å². The van der Waals surface area contributed by atoms with Crippen molar-refractivity contribution in [1.29, 1.82) is 0 Å². The molecule has 7 heteroatoms. The quantitative estimate of drug-likeness (QED) is 0.222. The van der Waals surface area contributed by atoms with Gasteiger partial charge in [0, 0.05) is 0 Å². The summed E-state index contributed by atoms with van der Waals surface area (Å²) in [4.78, 5) is 0. The maximum Gasteiger partial charge on any atom is -1.00 e. The smallest absolute Gasteiger partial charge is 1.00 e. The van der Waals surface area contributed by atoms with Crippen molar-refractivity contribution in [1.82, 2.24) is 0 Å². The first-order chi connectivity index (χ1) is 15.5. The molecule has 36 heavy (non-hydrogen) atoms. The molecule has 0 saturated heterocycles. The summed E-state index contributed by atoms with van der Waals surface area (Å²) in [5.74, 6) is -0.491. The molecule has 3 aromatic carbocycles. The van der Waals surface area contributed by atoms with Crippen LogP contribution in [0.2, 0.25) is 5.04 Å². The van der Waals surface area contributed by atoms with E-state index in [0.29, 0.717) is 0 Å². The summed E-state index contributed by atoms with van der Waals surface area (Å²) in [7, 11) is -2.88. The SMILES string of the molecule is CC1=C(C)C(C)([Si](c2ccc(F)cc2)(c2ccc(F)cc2)c2cc(C)cc(C)c2)[C]([Ti+3])=C1C.[Cl-].[Cl-].[Cl-]. The van der Waals surface area contributed by atoms with Crippen LogP contribution in [0.5, 0.6) is 0 Å². The summed E-state index contributed by atoms with van der Waals surface area (Å²) in [6.45, 7) is 13.3. The third kappa shape index (κ3) is 4.96. The Hall–Kier alpha value is -1.20. The normalized spacial score (nSPS) is 17.4. The molecule has 0 N–H and O–H groups in total. The van der Waals surface area contributed by atoms with Gasteiger partial charge >= 0.3 is 210 Å². The van der Waals surface area contributed by atoms with Crippen molar-refractivity contribution in [2.75, 3.05) is 0 Å². The molecule has 0 spiro atoms. The Labute approximate surface area is 245 Å². The molecular weight excluding hydrogens is 569 g/mol. The average Bonchev–Trinajstić information content (AvgIpc) is 2.92. The third-order valence-electron chi connectivity index (χ3n) is 7.71. The van der Waals surface area contributed by atoms with Gasteiger partial charge in [-0.05, 0) is 0 Å². The monoisotopic (exact) mass is 596 g/mol. The van der Waals surface area contributed by atoms with Crippen molar-refractivity contribution < 1.29 is 66.4 Å². The van der Waals surface area contributed by atoms with E-state index in [1.807, 2.05) is 24.3 Å². The zero-order chi connectivity index (χ0) is 24.1. The van der Waals surface area contributed by atoms with Crippen LogP contribution in [0, 0.1) is 25.5 Å². The van der Waals surface area contributed by atoms with Gasteiger partial charge in [-0.3, -0.25) is 0 Å². The summed E-state index contributed by atoms with van der Waals surface area (Å²) in [5.41, 5.74) is 6.38. The molecule has 0 saturated carbocycles. The molecule has 0 bridgehead atoms. The van der Waals surface area contributed by atoms with E-state index in [4.69, 9.17) is 0 Å². The van der Waals surface area contributed by atoms with Gasteiger partial charge < -0.3 is 37.2 Å². The van der Waals surface area contributed by atoms with Gasteiger partial charge in [0.1, 0.15) is 0 Å². The van der Waals surface area contributed by atoms with Gasteiger partial charge in [0.2, 0.25) is 0 Å². The predicted octanol–water partition coefficient (Wildman–Crippen LogP) is -3.01. The Morgan fingerprint density at radius 3 is 1.33 bits per heavy atom. The van der Waals surface area contributed by atoms with Crippen LogP contribution in [0.1, 0.15) is 38.8 Å². The Kier molecular flexibility index (Phi) is 11.0. The fourth-order valence-corrected chi connectivity index (χ4v) is 13.6. The van der Waals surface area contributed by atoms with Crippen LogP contribution in [-0.4, -0.2) is 8.07 Å². The van der Waals surface area contributed by atoms with Crippen molar-refractivity contribution in [2.24, 2.45) is 0 Å². The van der Waals surface area contributed by atoms with Gasteiger partial charge in [-0.15, -0.1) is 0 Å². The molecule has 1 aliphatic carbocycles. The first kappa shape index (κ1) is 32.8. The van der Waals surface area contributed by atoms with E-state index >= 15 is 0 Å². The van der Waals surface area contributed by atoms with Crippen LogP contribution in [0.3, 0.4) is 0 Å². The maximum atomic E-state index is 14.2. The molecular formula is C29H29Cl3F2SiTi. The second-order valence-corrected chi connectivity index (χ2v) is 14.5. The number of hydrogen-bond donors (Lipinski definition) is 0. The second kappa shape index (κ2) is 12.1. The Balaban J connectivity index is 0.00000216. The average molecular weight is 598 g/mol. The van der Waals surface area contributed by atoms with E-state index in [0.717, 1.165) is 10.4 Å². The van der Waals surface area contributed by atoms with Crippen LogP contribution < -0.4 is 52.8 Å². The minimum atomic E-state index is -2.88. The molecule has 1 atom stereocenters. The van der Waals surface area contributed by atoms with E-state index < -0.39 is 8.07 Å². The van der Waals surface area contributed by atoms with E-state index in [-0.39, 0.29) is 53.9 Å². The van der Waals surface area contributed by atoms with Crippen LogP contribution >= 0.6 is 0 Å². The Bertz CT molecular complexity index is 1210. The zero-order valence-corrected chi connectivity index (χ0v) is 26.1.